The van der Waals surface area contributed by atoms with Gasteiger partial charge >= 0.3 is 6.61 Å². The number of hydrogen-bond acceptors (Lipinski definition) is 3. The maximum Gasteiger partial charge on any atom is 0.387 e. The van der Waals surface area contributed by atoms with Gasteiger partial charge in [0.25, 0.3) is 0 Å². The fourth-order valence-electron chi connectivity index (χ4n) is 1.46. The van der Waals surface area contributed by atoms with Crippen molar-refractivity contribution in [1.29, 1.82) is 0 Å². The van der Waals surface area contributed by atoms with Gasteiger partial charge in [0.05, 0.1) is 11.4 Å². The highest BCUT2D eigenvalue weighted by atomic mass is 35.5. The van der Waals surface area contributed by atoms with Crippen molar-refractivity contribution in [2.75, 3.05) is 0 Å². The Morgan fingerprint density at radius 1 is 1.56 bits per heavy atom. The summed E-state index contributed by atoms with van der Waals surface area (Å²) in [5.74, 6) is -0.152. The molecule has 0 N–H and O–H groups in total. The summed E-state index contributed by atoms with van der Waals surface area (Å²) in [6.07, 6.45) is 1.81. The molecule has 0 aliphatic heterocycles. The Kier molecular flexibility index (Phi) is 5.47. The van der Waals surface area contributed by atoms with Gasteiger partial charge in [-0.2, -0.15) is 8.78 Å². The van der Waals surface area contributed by atoms with Gasteiger partial charge in [-0.05, 0) is 20.3 Å². The molecule has 0 unspecified atom stereocenters. The van der Waals surface area contributed by atoms with Crippen molar-refractivity contribution in [2.45, 2.75) is 40.2 Å². The van der Waals surface area contributed by atoms with E-state index in [1.807, 2.05) is 13.8 Å². The number of hydrogen-bond donors (Lipinski definition) is 0. The summed E-state index contributed by atoms with van der Waals surface area (Å²) in [6.45, 7) is 2.71. The zero-order valence-corrected chi connectivity index (χ0v) is 11.3. The lowest BCUT2D eigenvalue weighted by Crippen LogP contribution is -2.03. The molecule has 18 heavy (non-hydrogen) atoms. The van der Waals surface area contributed by atoms with Gasteiger partial charge in [-0.15, -0.1) is 0 Å². The number of pyridine rings is 1. The Bertz CT molecular complexity index is 450. The Hall–Kier alpha value is -1.23. The number of alkyl halides is 2. The van der Waals surface area contributed by atoms with Crippen LogP contribution in [-0.2, 0) is 0 Å². The third kappa shape index (κ3) is 4.22. The lowest BCUT2D eigenvalue weighted by Gasteiger charge is -2.09. The topological polar surface area (TPSA) is 34.5 Å². The molecule has 1 rings (SSSR count). The highest BCUT2D eigenvalue weighted by Crippen LogP contribution is 2.31. The first-order chi connectivity index (χ1) is 8.43. The fourth-order valence-corrected chi connectivity index (χ4v) is 1.69. The van der Waals surface area contributed by atoms with Crippen molar-refractivity contribution in [3.8, 4) is 5.75 Å². The molecule has 0 aliphatic carbocycles. The van der Waals surface area contributed by atoms with Crippen molar-refractivity contribution in [2.24, 2.45) is 4.99 Å². The average Bonchev–Trinajstić information content (AvgIpc) is 2.24. The molecule has 0 atom stereocenters. The quantitative estimate of drug-likeness (QED) is 0.584. The zero-order valence-electron chi connectivity index (χ0n) is 10.5. The molecule has 0 aliphatic rings. The molecule has 0 fully saturated rings. The predicted octanol–water partition coefficient (Wildman–Crippen LogP) is 4.54. The second kappa shape index (κ2) is 6.64. The average molecular weight is 277 g/mol. The van der Waals surface area contributed by atoms with Crippen molar-refractivity contribution in [3.63, 3.8) is 0 Å². The molecular weight excluding hydrogens is 262 g/mol. The highest BCUT2D eigenvalue weighted by molar-refractivity contribution is 6.30. The molecule has 0 amide bonds. The largest absolute Gasteiger partial charge is 0.431 e. The minimum atomic E-state index is -2.93. The monoisotopic (exact) mass is 276 g/mol. The Morgan fingerprint density at radius 3 is 2.78 bits per heavy atom. The van der Waals surface area contributed by atoms with E-state index in [0.717, 1.165) is 18.6 Å². The minimum Gasteiger partial charge on any atom is -0.431 e. The van der Waals surface area contributed by atoms with Gasteiger partial charge in [0.1, 0.15) is 0 Å². The van der Waals surface area contributed by atoms with Crippen LogP contribution in [-0.4, -0.2) is 17.3 Å². The Balaban J connectivity index is 3.08. The van der Waals surface area contributed by atoms with Gasteiger partial charge in [0.15, 0.2) is 10.9 Å². The molecule has 0 spiro atoms. The molecule has 0 radical (unpaired) electrons. The first-order valence-electron chi connectivity index (χ1n) is 5.60. The van der Waals surface area contributed by atoms with Crippen LogP contribution in [0.25, 0.3) is 0 Å². The van der Waals surface area contributed by atoms with E-state index in [-0.39, 0.29) is 10.9 Å². The lowest BCUT2D eigenvalue weighted by molar-refractivity contribution is -0.0499. The number of ether oxygens (including phenoxy) is 1. The van der Waals surface area contributed by atoms with E-state index in [0.29, 0.717) is 11.4 Å². The van der Waals surface area contributed by atoms with Crippen LogP contribution in [0, 0.1) is 6.92 Å². The van der Waals surface area contributed by atoms with Crippen LogP contribution < -0.4 is 4.74 Å². The molecule has 6 heteroatoms. The van der Waals surface area contributed by atoms with Gasteiger partial charge in [0.2, 0.25) is 0 Å². The first kappa shape index (κ1) is 14.8. The number of halogens is 3. The van der Waals surface area contributed by atoms with Crippen LogP contribution in [0.1, 0.15) is 32.4 Å². The Morgan fingerprint density at radius 2 is 2.22 bits per heavy atom. The molecule has 1 heterocycles. The lowest BCUT2D eigenvalue weighted by atomic mass is 10.2. The third-order valence-corrected chi connectivity index (χ3v) is 2.52. The minimum absolute atomic E-state index is 0.0834. The van der Waals surface area contributed by atoms with E-state index in [9.17, 15) is 8.78 Å². The van der Waals surface area contributed by atoms with Crippen LogP contribution in [0.2, 0.25) is 5.15 Å². The van der Waals surface area contributed by atoms with Gasteiger partial charge in [-0.25, -0.2) is 4.98 Å². The van der Waals surface area contributed by atoms with Crippen LogP contribution in [0.4, 0.5) is 14.5 Å². The number of aliphatic imine (C=N–C) groups is 1. The third-order valence-electron chi connectivity index (χ3n) is 2.25. The summed E-state index contributed by atoms with van der Waals surface area (Å²) >= 11 is 5.73. The van der Waals surface area contributed by atoms with Crippen molar-refractivity contribution < 1.29 is 13.5 Å². The number of aromatic nitrogens is 1. The van der Waals surface area contributed by atoms with Crippen molar-refractivity contribution in [1.82, 2.24) is 4.98 Å². The summed E-state index contributed by atoms with van der Waals surface area (Å²) in [5, 5.41) is -0.0834. The van der Waals surface area contributed by atoms with Crippen LogP contribution in [0.15, 0.2) is 11.1 Å². The van der Waals surface area contributed by atoms with E-state index in [4.69, 9.17) is 11.6 Å². The number of nitrogens with zero attached hydrogens (tertiary/aromatic N) is 2. The van der Waals surface area contributed by atoms with E-state index in [1.165, 1.54) is 6.07 Å². The zero-order chi connectivity index (χ0) is 13.7. The number of rotatable bonds is 5. The summed E-state index contributed by atoms with van der Waals surface area (Å²) in [4.78, 5) is 8.27. The summed E-state index contributed by atoms with van der Waals surface area (Å²) < 4.78 is 28.6. The van der Waals surface area contributed by atoms with Gasteiger partial charge < -0.3 is 4.74 Å². The Labute approximate surface area is 110 Å². The summed E-state index contributed by atoms with van der Waals surface area (Å²) in [7, 11) is 0. The second-order valence-corrected chi connectivity index (χ2v) is 4.22. The standard InChI is InChI=1S/C12H15ClF2N2O/c1-4-5-7(2)16-9-6-10(18-12(14)15)11(13)17-8(9)3/h6,12H,4-5H2,1-3H3. The van der Waals surface area contributed by atoms with Crippen molar-refractivity contribution in [3.05, 3.63) is 16.9 Å². The first-order valence-corrected chi connectivity index (χ1v) is 5.98. The maximum atomic E-state index is 12.2. The van der Waals surface area contributed by atoms with Crippen LogP contribution >= 0.6 is 11.6 Å². The smallest absolute Gasteiger partial charge is 0.387 e. The van der Waals surface area contributed by atoms with E-state index < -0.39 is 6.61 Å². The number of aryl methyl sites for hydroxylation is 1. The highest BCUT2D eigenvalue weighted by Gasteiger charge is 2.12. The van der Waals surface area contributed by atoms with Gasteiger partial charge in [-0.3, -0.25) is 4.99 Å². The molecule has 1 aromatic heterocycles. The second-order valence-electron chi connectivity index (χ2n) is 3.86. The molecule has 0 aromatic carbocycles. The molecule has 0 bridgehead atoms. The van der Waals surface area contributed by atoms with Crippen LogP contribution in [0.3, 0.4) is 0 Å². The van der Waals surface area contributed by atoms with Gasteiger partial charge in [0, 0.05) is 11.8 Å². The predicted molar refractivity (Wildman–Crippen MR) is 68.3 cm³/mol. The SMILES string of the molecule is CCCC(C)=Nc1cc(OC(F)F)c(Cl)nc1C. The molecular formula is C12H15ClF2N2O. The van der Waals surface area contributed by atoms with Gasteiger partial charge in [-0.1, -0.05) is 24.9 Å². The van der Waals surface area contributed by atoms with E-state index in [1.54, 1.807) is 6.92 Å². The fraction of sp³-hybridized carbons (Fsp3) is 0.500. The van der Waals surface area contributed by atoms with Crippen LogP contribution in [0.5, 0.6) is 5.75 Å². The van der Waals surface area contributed by atoms with Crippen molar-refractivity contribution >= 4 is 23.0 Å². The van der Waals surface area contributed by atoms with E-state index >= 15 is 0 Å². The van der Waals surface area contributed by atoms with E-state index in [2.05, 4.69) is 14.7 Å². The molecule has 100 valence electrons. The summed E-state index contributed by atoms with van der Waals surface area (Å²) in [6, 6.07) is 1.38. The molecule has 0 saturated heterocycles. The maximum absolute atomic E-state index is 12.2. The molecule has 3 nitrogen and oxygen atoms in total. The molecule has 1 aromatic rings. The summed E-state index contributed by atoms with van der Waals surface area (Å²) in [5.41, 5.74) is 1.99. The molecule has 0 saturated carbocycles. The normalized spacial score (nSPS) is 12.1.